The molecule has 0 aliphatic carbocycles. The Labute approximate surface area is 144 Å². The quantitative estimate of drug-likeness (QED) is 0.660. The summed E-state index contributed by atoms with van der Waals surface area (Å²) in [6, 6.07) is 19.1. The van der Waals surface area contributed by atoms with Crippen LogP contribution in [0.5, 0.6) is 0 Å². The van der Waals surface area contributed by atoms with Crippen LogP contribution in [0.4, 0.5) is 5.69 Å². The van der Waals surface area contributed by atoms with Gasteiger partial charge >= 0.3 is 0 Å². The largest absolute Gasteiger partial charge is 0.411 e. The first-order valence-corrected chi connectivity index (χ1v) is 8.41. The van der Waals surface area contributed by atoms with Gasteiger partial charge in [-0.3, -0.25) is 4.79 Å². The molecule has 24 heavy (non-hydrogen) atoms. The highest BCUT2D eigenvalue weighted by molar-refractivity contribution is 8.00. The Morgan fingerprint density at radius 3 is 2.33 bits per heavy atom. The highest BCUT2D eigenvalue weighted by Crippen LogP contribution is 2.27. The van der Waals surface area contributed by atoms with Gasteiger partial charge in [-0.25, -0.2) is 0 Å². The van der Waals surface area contributed by atoms with Crippen LogP contribution in [0.2, 0.25) is 0 Å². The Hall–Kier alpha value is -2.60. The Bertz CT molecular complexity index is 805. The SMILES string of the molecule is C[C@@H](Sc1nnc(-c2ccccc2)o1)C(=O)N(C)c1ccccc1. The zero-order valence-electron chi connectivity index (χ0n) is 13.4. The van der Waals surface area contributed by atoms with Crippen molar-refractivity contribution in [3.8, 4) is 11.5 Å². The number of anilines is 1. The number of benzene rings is 2. The van der Waals surface area contributed by atoms with E-state index in [1.807, 2.05) is 67.6 Å². The zero-order valence-corrected chi connectivity index (χ0v) is 14.2. The minimum Gasteiger partial charge on any atom is -0.411 e. The van der Waals surface area contributed by atoms with Crippen molar-refractivity contribution < 1.29 is 9.21 Å². The summed E-state index contributed by atoms with van der Waals surface area (Å²) < 4.78 is 5.65. The van der Waals surface area contributed by atoms with E-state index >= 15 is 0 Å². The number of aromatic nitrogens is 2. The molecule has 2 aromatic carbocycles. The van der Waals surface area contributed by atoms with E-state index < -0.39 is 0 Å². The maximum absolute atomic E-state index is 12.5. The second-order valence-electron chi connectivity index (χ2n) is 5.23. The van der Waals surface area contributed by atoms with Crippen LogP contribution in [-0.4, -0.2) is 28.4 Å². The summed E-state index contributed by atoms with van der Waals surface area (Å²) in [7, 11) is 1.76. The molecule has 122 valence electrons. The van der Waals surface area contributed by atoms with Crippen LogP contribution in [0.15, 0.2) is 70.3 Å². The van der Waals surface area contributed by atoms with Gasteiger partial charge in [0.1, 0.15) is 0 Å². The van der Waals surface area contributed by atoms with Crippen LogP contribution < -0.4 is 4.90 Å². The van der Waals surface area contributed by atoms with Crippen molar-refractivity contribution in [2.45, 2.75) is 17.4 Å². The summed E-state index contributed by atoms with van der Waals surface area (Å²) >= 11 is 1.26. The number of hydrogen-bond acceptors (Lipinski definition) is 5. The molecule has 0 spiro atoms. The number of carbonyl (C=O) groups excluding carboxylic acids is 1. The lowest BCUT2D eigenvalue weighted by atomic mass is 10.2. The molecule has 0 aliphatic rings. The lowest BCUT2D eigenvalue weighted by Crippen LogP contribution is -2.33. The van der Waals surface area contributed by atoms with Crippen molar-refractivity contribution in [1.29, 1.82) is 0 Å². The van der Waals surface area contributed by atoms with Crippen LogP contribution >= 0.6 is 11.8 Å². The number of para-hydroxylation sites is 1. The molecule has 0 fully saturated rings. The van der Waals surface area contributed by atoms with E-state index in [2.05, 4.69) is 10.2 Å². The maximum atomic E-state index is 12.5. The molecular formula is C18H17N3O2S. The van der Waals surface area contributed by atoms with Crippen LogP contribution in [0.25, 0.3) is 11.5 Å². The zero-order chi connectivity index (χ0) is 16.9. The number of nitrogens with zero attached hydrogens (tertiary/aromatic N) is 3. The fourth-order valence-electron chi connectivity index (χ4n) is 2.21. The van der Waals surface area contributed by atoms with Gasteiger partial charge < -0.3 is 9.32 Å². The van der Waals surface area contributed by atoms with Gasteiger partial charge in [-0.15, -0.1) is 10.2 Å². The predicted molar refractivity (Wildman–Crippen MR) is 94.9 cm³/mol. The number of hydrogen-bond donors (Lipinski definition) is 0. The average molecular weight is 339 g/mol. The molecule has 0 N–H and O–H groups in total. The molecule has 1 atom stereocenters. The second-order valence-corrected chi connectivity index (χ2v) is 6.52. The van der Waals surface area contributed by atoms with Crippen LogP contribution in [-0.2, 0) is 4.79 Å². The highest BCUT2D eigenvalue weighted by Gasteiger charge is 2.22. The van der Waals surface area contributed by atoms with Crippen molar-refractivity contribution >= 4 is 23.4 Å². The molecule has 0 saturated carbocycles. The average Bonchev–Trinajstić information content (AvgIpc) is 3.10. The summed E-state index contributed by atoms with van der Waals surface area (Å²) in [5.74, 6) is 0.430. The van der Waals surface area contributed by atoms with Crippen LogP contribution in [0, 0.1) is 0 Å². The van der Waals surface area contributed by atoms with Gasteiger partial charge in [0, 0.05) is 18.3 Å². The molecule has 6 heteroatoms. The van der Waals surface area contributed by atoms with Crippen molar-refractivity contribution in [2.75, 3.05) is 11.9 Å². The lowest BCUT2D eigenvalue weighted by Gasteiger charge is -2.20. The monoisotopic (exact) mass is 339 g/mol. The summed E-state index contributed by atoms with van der Waals surface area (Å²) in [5.41, 5.74) is 1.71. The molecule has 3 rings (SSSR count). The summed E-state index contributed by atoms with van der Waals surface area (Å²) in [6.45, 7) is 1.83. The van der Waals surface area contributed by atoms with Gasteiger partial charge in [0.25, 0.3) is 5.22 Å². The van der Waals surface area contributed by atoms with E-state index in [1.165, 1.54) is 11.8 Å². The smallest absolute Gasteiger partial charge is 0.277 e. The summed E-state index contributed by atoms with van der Waals surface area (Å²) in [5, 5.41) is 8.11. The Kier molecular flexibility index (Phi) is 4.96. The fraction of sp³-hybridized carbons (Fsp3) is 0.167. The number of rotatable bonds is 5. The van der Waals surface area contributed by atoms with Crippen LogP contribution in [0.3, 0.4) is 0 Å². The van der Waals surface area contributed by atoms with E-state index in [0.717, 1.165) is 11.3 Å². The normalized spacial score (nSPS) is 11.9. The molecular weight excluding hydrogens is 322 g/mol. The molecule has 1 aromatic heterocycles. The third-order valence-corrected chi connectivity index (χ3v) is 4.45. The van der Waals surface area contributed by atoms with Crippen molar-refractivity contribution in [2.24, 2.45) is 0 Å². The van der Waals surface area contributed by atoms with Gasteiger partial charge in [0.15, 0.2) is 0 Å². The number of thioether (sulfide) groups is 1. The second kappa shape index (κ2) is 7.31. The van der Waals surface area contributed by atoms with Gasteiger partial charge in [-0.05, 0) is 31.2 Å². The minimum absolute atomic E-state index is 0.0225. The third-order valence-electron chi connectivity index (χ3n) is 3.53. The van der Waals surface area contributed by atoms with E-state index in [4.69, 9.17) is 4.42 Å². The molecule has 0 radical (unpaired) electrons. The molecule has 1 amide bonds. The Morgan fingerprint density at radius 1 is 1.04 bits per heavy atom. The van der Waals surface area contributed by atoms with Crippen LogP contribution in [0.1, 0.15) is 6.92 Å². The molecule has 0 saturated heterocycles. The number of carbonyl (C=O) groups is 1. The van der Waals surface area contributed by atoms with Gasteiger partial charge in [-0.2, -0.15) is 0 Å². The predicted octanol–water partition coefficient (Wildman–Crippen LogP) is 3.88. The first kappa shape index (κ1) is 16.3. The molecule has 0 unspecified atom stereocenters. The van der Waals surface area contributed by atoms with Crippen molar-refractivity contribution in [3.05, 3.63) is 60.7 Å². The maximum Gasteiger partial charge on any atom is 0.277 e. The molecule has 5 nitrogen and oxygen atoms in total. The molecule has 1 heterocycles. The molecule has 0 bridgehead atoms. The minimum atomic E-state index is -0.334. The Morgan fingerprint density at radius 2 is 1.67 bits per heavy atom. The van der Waals surface area contributed by atoms with E-state index in [-0.39, 0.29) is 11.2 Å². The van der Waals surface area contributed by atoms with E-state index in [1.54, 1.807) is 11.9 Å². The molecule has 0 aliphatic heterocycles. The lowest BCUT2D eigenvalue weighted by molar-refractivity contribution is -0.117. The van der Waals surface area contributed by atoms with Crippen molar-refractivity contribution in [1.82, 2.24) is 10.2 Å². The van der Waals surface area contributed by atoms with Gasteiger partial charge in [0.2, 0.25) is 11.8 Å². The van der Waals surface area contributed by atoms with Crippen molar-refractivity contribution in [3.63, 3.8) is 0 Å². The first-order valence-electron chi connectivity index (χ1n) is 7.53. The summed E-state index contributed by atoms with van der Waals surface area (Å²) in [6.07, 6.45) is 0. The fourth-order valence-corrected chi connectivity index (χ4v) is 2.98. The van der Waals surface area contributed by atoms with Gasteiger partial charge in [0.05, 0.1) is 5.25 Å². The van der Waals surface area contributed by atoms with E-state index in [9.17, 15) is 4.79 Å². The molecule has 3 aromatic rings. The van der Waals surface area contributed by atoms with Gasteiger partial charge in [-0.1, -0.05) is 48.2 Å². The number of amides is 1. The topological polar surface area (TPSA) is 59.2 Å². The third kappa shape index (κ3) is 3.65. The Balaban J connectivity index is 1.68. The van der Waals surface area contributed by atoms with E-state index in [0.29, 0.717) is 11.1 Å². The first-order chi connectivity index (χ1) is 11.6. The summed E-state index contributed by atoms with van der Waals surface area (Å²) in [4.78, 5) is 14.2. The standard InChI is InChI=1S/C18H17N3O2S/c1-13(17(22)21(2)15-11-7-4-8-12-15)24-18-20-19-16(23-18)14-9-5-3-6-10-14/h3-13H,1-2H3/t13-/m1/s1. The highest BCUT2D eigenvalue weighted by atomic mass is 32.2.